The summed E-state index contributed by atoms with van der Waals surface area (Å²) >= 11 is 0. The number of para-hydroxylation sites is 1. The summed E-state index contributed by atoms with van der Waals surface area (Å²) < 4.78 is 40.6. The molecule has 0 aliphatic carbocycles. The molecule has 2 aromatic carbocycles. The molecule has 6 nitrogen and oxygen atoms in total. The molecule has 3 aromatic rings. The van der Waals surface area contributed by atoms with Crippen LogP contribution < -0.4 is 16.2 Å². The first-order chi connectivity index (χ1) is 14.5. The zero-order chi connectivity index (χ0) is 22.8. The number of hydrogen-bond donors (Lipinski definition) is 2. The van der Waals surface area contributed by atoms with E-state index in [1.165, 1.54) is 18.2 Å². The van der Waals surface area contributed by atoms with Gasteiger partial charge in [-0.25, -0.2) is 4.98 Å². The van der Waals surface area contributed by atoms with E-state index in [0.29, 0.717) is 11.4 Å². The second kappa shape index (κ2) is 8.63. The largest absolute Gasteiger partial charge is 0.418 e. The molecule has 0 fully saturated rings. The lowest BCUT2D eigenvalue weighted by molar-refractivity contribution is -0.137. The van der Waals surface area contributed by atoms with Gasteiger partial charge in [0, 0.05) is 17.4 Å². The number of nitrogens with zero attached hydrogens (tertiary/aromatic N) is 2. The Morgan fingerprint density at radius 3 is 2.32 bits per heavy atom. The lowest BCUT2D eigenvalue weighted by Crippen LogP contribution is -2.30. The molecule has 0 bridgehead atoms. The van der Waals surface area contributed by atoms with E-state index in [2.05, 4.69) is 15.6 Å². The number of halogens is 3. The van der Waals surface area contributed by atoms with Gasteiger partial charge < -0.3 is 10.6 Å². The van der Waals surface area contributed by atoms with Crippen molar-refractivity contribution < 1.29 is 18.0 Å². The highest BCUT2D eigenvalue weighted by Crippen LogP contribution is 2.34. The van der Waals surface area contributed by atoms with Gasteiger partial charge in [0.25, 0.3) is 5.56 Å². The number of anilines is 3. The predicted octanol–water partition coefficient (Wildman–Crippen LogP) is 4.57. The molecule has 0 saturated carbocycles. The van der Waals surface area contributed by atoms with Gasteiger partial charge in [0.2, 0.25) is 11.9 Å². The van der Waals surface area contributed by atoms with Crippen molar-refractivity contribution >= 4 is 23.2 Å². The van der Waals surface area contributed by atoms with Gasteiger partial charge in [0.05, 0.1) is 11.3 Å². The summed E-state index contributed by atoms with van der Waals surface area (Å²) in [5, 5.41) is 5.28. The zero-order valence-corrected chi connectivity index (χ0v) is 17.2. The van der Waals surface area contributed by atoms with Crippen LogP contribution in [0.5, 0.6) is 0 Å². The lowest BCUT2D eigenvalue weighted by Gasteiger charge is -2.16. The SMILES string of the molecule is Cc1cc(C)cc(Nc2nc(C)cc(=O)n2CC(=O)Nc2ccccc2C(F)(F)F)c1. The fraction of sp³-hybridized carbons (Fsp3) is 0.227. The molecule has 0 aliphatic rings. The summed E-state index contributed by atoms with van der Waals surface area (Å²) in [5.41, 5.74) is 1.25. The topological polar surface area (TPSA) is 76.0 Å². The van der Waals surface area contributed by atoms with Crippen LogP contribution in [0.2, 0.25) is 0 Å². The number of carbonyl (C=O) groups excluding carboxylic acids is 1. The maximum Gasteiger partial charge on any atom is 0.418 e. The summed E-state index contributed by atoms with van der Waals surface area (Å²) in [6.45, 7) is 4.96. The number of amides is 1. The average molecular weight is 430 g/mol. The van der Waals surface area contributed by atoms with Gasteiger partial charge >= 0.3 is 6.18 Å². The Kier molecular flexibility index (Phi) is 6.14. The van der Waals surface area contributed by atoms with Gasteiger partial charge in [-0.2, -0.15) is 13.2 Å². The molecular weight excluding hydrogens is 409 g/mol. The highest BCUT2D eigenvalue weighted by Gasteiger charge is 2.33. The highest BCUT2D eigenvalue weighted by atomic mass is 19.4. The van der Waals surface area contributed by atoms with Crippen molar-refractivity contribution in [2.75, 3.05) is 10.6 Å². The number of aryl methyl sites for hydroxylation is 3. The van der Waals surface area contributed by atoms with Gasteiger partial charge in [-0.3, -0.25) is 14.2 Å². The van der Waals surface area contributed by atoms with E-state index in [9.17, 15) is 22.8 Å². The van der Waals surface area contributed by atoms with E-state index in [1.54, 1.807) is 6.92 Å². The maximum atomic E-state index is 13.2. The fourth-order valence-corrected chi connectivity index (χ4v) is 3.22. The molecule has 1 amide bonds. The molecular formula is C22H21F3N4O2. The van der Waals surface area contributed by atoms with E-state index in [0.717, 1.165) is 27.8 Å². The lowest BCUT2D eigenvalue weighted by atomic mass is 10.1. The number of aromatic nitrogens is 2. The minimum atomic E-state index is -4.62. The first-order valence-corrected chi connectivity index (χ1v) is 9.43. The molecule has 31 heavy (non-hydrogen) atoms. The number of hydrogen-bond acceptors (Lipinski definition) is 4. The van der Waals surface area contributed by atoms with Crippen LogP contribution in [0.4, 0.5) is 30.5 Å². The van der Waals surface area contributed by atoms with E-state index < -0.39 is 29.8 Å². The van der Waals surface area contributed by atoms with Gasteiger partial charge in [-0.1, -0.05) is 18.2 Å². The number of rotatable bonds is 5. The molecule has 0 radical (unpaired) electrons. The predicted molar refractivity (Wildman–Crippen MR) is 113 cm³/mol. The van der Waals surface area contributed by atoms with Crippen LogP contribution in [-0.4, -0.2) is 15.5 Å². The molecule has 0 unspecified atom stereocenters. The Morgan fingerprint density at radius 2 is 1.68 bits per heavy atom. The van der Waals surface area contributed by atoms with Crippen LogP contribution in [0, 0.1) is 20.8 Å². The van der Waals surface area contributed by atoms with Crippen molar-refractivity contribution in [3.8, 4) is 0 Å². The molecule has 0 spiro atoms. The van der Waals surface area contributed by atoms with Crippen LogP contribution in [0.15, 0.2) is 53.3 Å². The van der Waals surface area contributed by atoms with Crippen molar-refractivity contribution in [1.82, 2.24) is 9.55 Å². The summed E-state index contributed by atoms with van der Waals surface area (Å²) in [4.78, 5) is 29.3. The van der Waals surface area contributed by atoms with Crippen molar-refractivity contribution in [2.45, 2.75) is 33.5 Å². The Balaban J connectivity index is 1.90. The Labute approximate surface area is 176 Å². The first-order valence-electron chi connectivity index (χ1n) is 9.43. The Bertz CT molecular complexity index is 1170. The van der Waals surface area contributed by atoms with Gasteiger partial charge in [-0.15, -0.1) is 0 Å². The van der Waals surface area contributed by atoms with Gasteiger partial charge in [0.15, 0.2) is 0 Å². The Hall–Kier alpha value is -3.62. The van der Waals surface area contributed by atoms with Crippen LogP contribution >= 0.6 is 0 Å². The molecule has 0 saturated heterocycles. The highest BCUT2D eigenvalue weighted by molar-refractivity contribution is 5.91. The smallest absolute Gasteiger partial charge is 0.325 e. The third-order valence-electron chi connectivity index (χ3n) is 4.42. The molecule has 3 rings (SSSR count). The molecule has 162 valence electrons. The zero-order valence-electron chi connectivity index (χ0n) is 17.2. The van der Waals surface area contributed by atoms with Crippen LogP contribution in [0.3, 0.4) is 0 Å². The van der Waals surface area contributed by atoms with E-state index >= 15 is 0 Å². The molecule has 9 heteroatoms. The number of alkyl halides is 3. The summed E-state index contributed by atoms with van der Waals surface area (Å²) in [7, 11) is 0. The second-order valence-corrected chi connectivity index (χ2v) is 7.24. The molecule has 1 heterocycles. The minimum absolute atomic E-state index is 0.120. The third kappa shape index (κ3) is 5.50. The summed E-state index contributed by atoms with van der Waals surface area (Å²) in [5.74, 6) is -0.665. The van der Waals surface area contributed by atoms with E-state index in [4.69, 9.17) is 0 Å². The number of carbonyl (C=O) groups is 1. The van der Waals surface area contributed by atoms with Gasteiger partial charge in [0.1, 0.15) is 6.54 Å². The van der Waals surface area contributed by atoms with E-state index in [-0.39, 0.29) is 11.6 Å². The fourth-order valence-electron chi connectivity index (χ4n) is 3.22. The van der Waals surface area contributed by atoms with Gasteiger partial charge in [-0.05, 0) is 56.2 Å². The average Bonchev–Trinajstić information content (AvgIpc) is 2.63. The molecule has 0 aliphatic heterocycles. The van der Waals surface area contributed by atoms with Crippen molar-refractivity contribution in [3.63, 3.8) is 0 Å². The maximum absolute atomic E-state index is 13.2. The minimum Gasteiger partial charge on any atom is -0.325 e. The quantitative estimate of drug-likeness (QED) is 0.622. The number of nitrogens with one attached hydrogen (secondary N) is 2. The standard InChI is InChI=1S/C22H21F3N4O2/c1-13-8-14(2)10-16(9-13)27-21-26-15(3)11-20(31)29(21)12-19(30)28-18-7-5-4-6-17(18)22(23,24)25/h4-11H,12H2,1-3H3,(H,26,27)(H,28,30). The summed E-state index contributed by atoms with van der Waals surface area (Å²) in [6.07, 6.45) is -4.62. The van der Waals surface area contributed by atoms with E-state index in [1.807, 2.05) is 32.0 Å². The van der Waals surface area contributed by atoms with Crippen molar-refractivity contribution in [3.05, 3.63) is 81.3 Å². The molecule has 2 N–H and O–H groups in total. The molecule has 0 atom stereocenters. The number of benzene rings is 2. The second-order valence-electron chi connectivity index (χ2n) is 7.24. The Morgan fingerprint density at radius 1 is 1.03 bits per heavy atom. The molecule has 1 aromatic heterocycles. The normalized spacial score (nSPS) is 11.3. The monoisotopic (exact) mass is 430 g/mol. The van der Waals surface area contributed by atoms with Crippen LogP contribution in [0.25, 0.3) is 0 Å². The van der Waals surface area contributed by atoms with Crippen molar-refractivity contribution in [1.29, 1.82) is 0 Å². The first kappa shape index (κ1) is 22.1. The van der Waals surface area contributed by atoms with Crippen LogP contribution in [-0.2, 0) is 17.5 Å². The van der Waals surface area contributed by atoms with Crippen LogP contribution in [0.1, 0.15) is 22.4 Å². The third-order valence-corrected chi connectivity index (χ3v) is 4.42. The summed E-state index contributed by atoms with van der Waals surface area (Å²) in [6, 6.07) is 11.6. The van der Waals surface area contributed by atoms with Crippen molar-refractivity contribution in [2.24, 2.45) is 0 Å².